The van der Waals surface area contributed by atoms with Gasteiger partial charge >= 0.3 is 11.8 Å². The number of carbonyl (C=O) groups excluding carboxylic acids is 1. The first-order valence-electron chi connectivity index (χ1n) is 10.7. The molecule has 1 amide bonds. The van der Waals surface area contributed by atoms with E-state index >= 15 is 0 Å². The number of aliphatic imine (C=N–C) groups is 1. The summed E-state index contributed by atoms with van der Waals surface area (Å²) < 4.78 is 0. The van der Waals surface area contributed by atoms with Gasteiger partial charge < -0.3 is 20.9 Å². The number of nitrogens with one attached hydrogen (secondary N) is 2. The topological polar surface area (TPSA) is 112 Å². The van der Waals surface area contributed by atoms with Gasteiger partial charge in [0.2, 0.25) is 0 Å². The standard InChI is InChI=1S/C25H25N7O/c1-31-11-13-32(14-12-31)24(33)19-7-4-6-18(15-19)21-9-10-23(28-17-21)30-25(27)29-22-8-3-2-5-20(22)16-26/h2-10,15,17H,11-14H2,1H3,(H3,27,28,29,30)/p+1. The first-order chi connectivity index (χ1) is 16.0. The molecule has 4 N–H and O–H groups in total. The number of benzene rings is 2. The maximum atomic E-state index is 12.9. The molecule has 1 aromatic heterocycles. The van der Waals surface area contributed by atoms with Crippen molar-refractivity contribution in [2.45, 2.75) is 0 Å². The smallest absolute Gasteiger partial charge is 0.325 e. The molecule has 2 aromatic carbocycles. The fraction of sp³-hybridized carbons (Fsp3) is 0.200. The van der Waals surface area contributed by atoms with Crippen molar-refractivity contribution >= 4 is 23.4 Å². The average molecular weight is 441 g/mol. The Morgan fingerprint density at radius 1 is 1.06 bits per heavy atom. The van der Waals surface area contributed by atoms with Crippen molar-refractivity contribution in [3.8, 4) is 17.2 Å². The zero-order valence-corrected chi connectivity index (χ0v) is 18.5. The minimum atomic E-state index is 0.0617. The fourth-order valence-electron chi connectivity index (χ4n) is 3.67. The Balaban J connectivity index is 1.47. The number of pyridine rings is 1. The van der Waals surface area contributed by atoms with Gasteiger partial charge in [0.05, 0.1) is 17.4 Å². The molecule has 1 fully saturated rings. The number of H-pyrrole nitrogens is 1. The van der Waals surface area contributed by atoms with Crippen LogP contribution in [-0.2, 0) is 0 Å². The predicted octanol–water partition coefficient (Wildman–Crippen LogP) is 2.49. The summed E-state index contributed by atoms with van der Waals surface area (Å²) in [5.41, 5.74) is 9.65. The second kappa shape index (κ2) is 9.94. The van der Waals surface area contributed by atoms with E-state index in [0.29, 0.717) is 22.6 Å². The maximum absolute atomic E-state index is 12.9. The number of hydrogen-bond acceptors (Lipinski definition) is 4. The van der Waals surface area contributed by atoms with Crippen molar-refractivity contribution in [3.63, 3.8) is 0 Å². The van der Waals surface area contributed by atoms with Crippen LogP contribution in [0, 0.1) is 11.3 Å². The predicted molar refractivity (Wildman–Crippen MR) is 128 cm³/mol. The van der Waals surface area contributed by atoms with Gasteiger partial charge in [0.15, 0.2) is 0 Å². The summed E-state index contributed by atoms with van der Waals surface area (Å²) >= 11 is 0. The Labute approximate surface area is 193 Å². The van der Waals surface area contributed by atoms with Gasteiger partial charge in [0, 0.05) is 43.4 Å². The number of nitrogens with two attached hydrogens (primary N) is 1. The molecule has 0 saturated carbocycles. The van der Waals surface area contributed by atoms with Gasteiger partial charge in [-0.3, -0.25) is 4.79 Å². The molecule has 0 aliphatic carbocycles. The van der Waals surface area contributed by atoms with E-state index in [4.69, 9.17) is 5.73 Å². The number of carbonyl (C=O) groups is 1. The molecular weight excluding hydrogens is 414 g/mol. The number of rotatable bonds is 4. The summed E-state index contributed by atoms with van der Waals surface area (Å²) in [6, 6.07) is 20.6. The first kappa shape index (κ1) is 22.0. The molecule has 3 aromatic rings. The number of guanidine groups is 1. The van der Waals surface area contributed by atoms with Gasteiger partial charge in [-0.25, -0.2) is 4.98 Å². The van der Waals surface area contributed by atoms with Crippen LogP contribution in [0.5, 0.6) is 0 Å². The van der Waals surface area contributed by atoms with Crippen LogP contribution < -0.4 is 16.0 Å². The normalized spacial score (nSPS) is 14.5. The lowest BCUT2D eigenvalue weighted by Gasteiger charge is -2.32. The Morgan fingerprint density at radius 3 is 2.58 bits per heavy atom. The third-order valence-corrected chi connectivity index (χ3v) is 5.58. The summed E-state index contributed by atoms with van der Waals surface area (Å²) in [7, 11) is 2.07. The number of amides is 1. The lowest BCUT2D eigenvalue weighted by Crippen LogP contribution is -2.47. The maximum Gasteiger partial charge on any atom is 0.325 e. The number of nitrogens with zero attached hydrogens (tertiary/aromatic N) is 4. The van der Waals surface area contributed by atoms with E-state index in [1.54, 1.807) is 18.2 Å². The summed E-state index contributed by atoms with van der Waals surface area (Å²) in [5, 5.41) is 12.1. The summed E-state index contributed by atoms with van der Waals surface area (Å²) in [4.78, 5) is 24.5. The van der Waals surface area contributed by atoms with Crippen molar-refractivity contribution in [1.82, 2.24) is 9.80 Å². The van der Waals surface area contributed by atoms with E-state index in [9.17, 15) is 10.1 Å². The number of nitriles is 1. The average Bonchev–Trinajstić information content (AvgIpc) is 2.85. The fourth-order valence-corrected chi connectivity index (χ4v) is 3.67. The molecule has 0 bridgehead atoms. The van der Waals surface area contributed by atoms with Crippen LogP contribution in [-0.4, -0.2) is 54.9 Å². The molecule has 166 valence electrons. The zero-order chi connectivity index (χ0) is 23.2. The van der Waals surface area contributed by atoms with E-state index < -0.39 is 0 Å². The van der Waals surface area contributed by atoms with Gasteiger partial charge in [-0.15, -0.1) is 0 Å². The molecule has 0 unspecified atom stereocenters. The molecule has 0 atom stereocenters. The van der Waals surface area contributed by atoms with Crippen molar-refractivity contribution in [3.05, 3.63) is 78.0 Å². The van der Waals surface area contributed by atoms with Crippen LogP contribution in [0.1, 0.15) is 15.9 Å². The van der Waals surface area contributed by atoms with Crippen LogP contribution >= 0.6 is 0 Å². The van der Waals surface area contributed by atoms with Crippen molar-refractivity contribution < 1.29 is 9.78 Å². The molecule has 8 nitrogen and oxygen atoms in total. The molecular formula is C25H26N7O+. The Kier molecular flexibility index (Phi) is 6.62. The largest absolute Gasteiger partial charge is 0.348 e. The number of para-hydroxylation sites is 1. The van der Waals surface area contributed by atoms with Crippen LogP contribution in [0.25, 0.3) is 11.1 Å². The third kappa shape index (κ3) is 5.34. The Bertz CT molecular complexity index is 1210. The Hall–Kier alpha value is -4.22. The van der Waals surface area contributed by atoms with Gasteiger partial charge in [0.1, 0.15) is 6.07 Å². The highest BCUT2D eigenvalue weighted by Gasteiger charge is 2.20. The molecule has 4 rings (SSSR count). The second-order valence-corrected chi connectivity index (χ2v) is 7.92. The first-order valence-corrected chi connectivity index (χ1v) is 10.7. The molecule has 2 heterocycles. The molecule has 0 radical (unpaired) electrons. The summed E-state index contributed by atoms with van der Waals surface area (Å²) in [6.45, 7) is 3.27. The number of anilines is 1. The monoisotopic (exact) mass is 440 g/mol. The highest BCUT2D eigenvalue weighted by molar-refractivity contribution is 5.96. The lowest BCUT2D eigenvalue weighted by molar-refractivity contribution is -0.361. The zero-order valence-electron chi connectivity index (χ0n) is 18.5. The van der Waals surface area contributed by atoms with Gasteiger partial charge in [-0.2, -0.15) is 5.26 Å². The molecule has 1 aliphatic heterocycles. The number of hydrogen-bond donors (Lipinski definition) is 2. The number of aromatic nitrogens is 1. The molecule has 1 saturated heterocycles. The summed E-state index contributed by atoms with van der Waals surface area (Å²) in [5.74, 6) is 0.788. The summed E-state index contributed by atoms with van der Waals surface area (Å²) in [6.07, 6.45) is 1.83. The number of aromatic amines is 1. The van der Waals surface area contributed by atoms with Gasteiger partial charge in [-0.05, 0) is 47.9 Å². The van der Waals surface area contributed by atoms with E-state index in [0.717, 1.165) is 37.3 Å². The highest BCUT2D eigenvalue weighted by atomic mass is 16.2. The van der Waals surface area contributed by atoms with Gasteiger partial charge in [0.25, 0.3) is 5.91 Å². The minimum Gasteiger partial charge on any atom is -0.348 e. The van der Waals surface area contributed by atoms with E-state index in [-0.39, 0.29) is 11.9 Å². The van der Waals surface area contributed by atoms with E-state index in [1.165, 1.54) is 0 Å². The third-order valence-electron chi connectivity index (χ3n) is 5.58. The van der Waals surface area contributed by atoms with Crippen molar-refractivity contribution in [2.75, 3.05) is 38.5 Å². The Morgan fingerprint density at radius 2 is 1.85 bits per heavy atom. The quantitative estimate of drug-likeness (QED) is 0.478. The molecule has 33 heavy (non-hydrogen) atoms. The lowest BCUT2D eigenvalue weighted by atomic mass is 10.0. The molecule has 8 heteroatoms. The highest BCUT2D eigenvalue weighted by Crippen LogP contribution is 2.21. The molecule has 1 aliphatic rings. The number of likely N-dealkylation sites (N-methyl/N-ethyl adjacent to an activating group) is 1. The van der Waals surface area contributed by atoms with Crippen molar-refractivity contribution in [1.29, 1.82) is 5.26 Å². The SMILES string of the molecule is CN1CCN(C(=O)c2cccc(-c3ccc(N=C(N)Nc4ccccc4C#N)[nH+]c3)c2)CC1. The van der Waals surface area contributed by atoms with Crippen LogP contribution in [0.2, 0.25) is 0 Å². The van der Waals surface area contributed by atoms with Crippen LogP contribution in [0.3, 0.4) is 0 Å². The van der Waals surface area contributed by atoms with E-state index in [2.05, 4.69) is 33.3 Å². The van der Waals surface area contributed by atoms with E-state index in [1.807, 2.05) is 53.6 Å². The van der Waals surface area contributed by atoms with Crippen LogP contribution in [0.15, 0.2) is 71.9 Å². The second-order valence-electron chi connectivity index (χ2n) is 7.92. The number of piperazine rings is 1. The van der Waals surface area contributed by atoms with Crippen molar-refractivity contribution in [2.24, 2.45) is 10.7 Å². The molecule has 0 spiro atoms. The van der Waals surface area contributed by atoms with Crippen LogP contribution in [0.4, 0.5) is 11.5 Å². The van der Waals surface area contributed by atoms with Gasteiger partial charge in [-0.1, -0.05) is 24.3 Å². The minimum absolute atomic E-state index is 0.0617.